The molecule has 8 heteroatoms. The third-order valence-corrected chi connectivity index (χ3v) is 5.32. The molecule has 2 rings (SSSR count). The molecule has 0 aliphatic carbocycles. The monoisotopic (exact) mass is 533 g/mol. The fourth-order valence-electron chi connectivity index (χ4n) is 3.16. The second-order valence-electron chi connectivity index (χ2n) is 8.13. The number of ether oxygens (including phenoxy) is 1. The first-order valence-corrected chi connectivity index (χ1v) is 12.4. The highest BCUT2D eigenvalue weighted by Gasteiger charge is 2.17. The van der Waals surface area contributed by atoms with Gasteiger partial charge in [0.2, 0.25) is 0 Å². The van der Waals surface area contributed by atoms with Crippen LogP contribution in [0, 0.1) is 5.92 Å². The number of carbonyl (C=O) groups excluding carboxylic acids is 2. The van der Waals surface area contributed by atoms with E-state index in [0.29, 0.717) is 48.2 Å². The maximum atomic E-state index is 12.9. The van der Waals surface area contributed by atoms with Crippen LogP contribution in [0.4, 0.5) is 5.69 Å². The van der Waals surface area contributed by atoms with E-state index >= 15 is 0 Å². The number of rotatable bonds is 10. The topological polar surface area (TPSA) is 70.7 Å². The summed E-state index contributed by atoms with van der Waals surface area (Å²) < 4.78 is 6.55. The van der Waals surface area contributed by atoms with Crippen LogP contribution in [0.5, 0.6) is 5.75 Å². The summed E-state index contributed by atoms with van der Waals surface area (Å²) >= 11 is 8.75. The molecule has 0 atom stereocenters. The molecule has 0 spiro atoms. The Labute approximate surface area is 210 Å². The third kappa shape index (κ3) is 8.44. The van der Waals surface area contributed by atoms with E-state index in [1.165, 1.54) is 0 Å². The minimum atomic E-state index is -0.378. The molecule has 2 amide bonds. The summed E-state index contributed by atoms with van der Waals surface area (Å²) in [5.41, 5.74) is 1.59. The van der Waals surface area contributed by atoms with E-state index in [9.17, 15) is 9.59 Å². The molecule has 0 radical (unpaired) electrons. The van der Waals surface area contributed by atoms with Gasteiger partial charge in [0, 0.05) is 28.8 Å². The molecule has 0 saturated carbocycles. The molecule has 0 aliphatic rings. The Hall–Kier alpha value is -2.45. The number of anilines is 1. The summed E-state index contributed by atoms with van der Waals surface area (Å²) in [6.07, 6.45) is 1.80. The molecule has 178 valence electrons. The van der Waals surface area contributed by atoms with Crippen molar-refractivity contribution >= 4 is 50.8 Å². The number of nitrogens with one attached hydrogen (secondary N) is 2. The van der Waals surface area contributed by atoms with Gasteiger partial charge in [-0.1, -0.05) is 49.7 Å². The average Bonchev–Trinajstić information content (AvgIpc) is 2.77. The molecule has 0 aliphatic heterocycles. The van der Waals surface area contributed by atoms with Crippen molar-refractivity contribution in [2.24, 2.45) is 5.92 Å². The van der Waals surface area contributed by atoms with Crippen LogP contribution in [0.3, 0.4) is 0 Å². The van der Waals surface area contributed by atoms with Gasteiger partial charge in [0.1, 0.15) is 5.75 Å². The fourth-order valence-corrected chi connectivity index (χ4v) is 3.73. The Kier molecular flexibility index (Phi) is 10.8. The first-order valence-electron chi connectivity index (χ1n) is 11.2. The van der Waals surface area contributed by atoms with Gasteiger partial charge in [-0.25, -0.2) is 0 Å². The number of nitrogens with zero attached hydrogens (tertiary/aromatic N) is 1. The Bertz CT molecular complexity index is 975. The molecule has 0 aromatic heterocycles. The van der Waals surface area contributed by atoms with Gasteiger partial charge in [-0.3, -0.25) is 14.9 Å². The van der Waals surface area contributed by atoms with Crippen molar-refractivity contribution in [3.05, 3.63) is 58.1 Å². The summed E-state index contributed by atoms with van der Waals surface area (Å²) in [6, 6.07) is 12.4. The highest BCUT2D eigenvalue weighted by Crippen LogP contribution is 2.24. The summed E-state index contributed by atoms with van der Waals surface area (Å²) in [7, 11) is 0. The quantitative estimate of drug-likeness (QED) is 0.373. The maximum absolute atomic E-state index is 12.9. The first kappa shape index (κ1) is 26.8. The van der Waals surface area contributed by atoms with Crippen molar-refractivity contribution in [3.8, 4) is 5.75 Å². The van der Waals surface area contributed by atoms with Gasteiger partial charge < -0.3 is 15.0 Å². The van der Waals surface area contributed by atoms with Crippen LogP contribution in [-0.2, 0) is 0 Å². The zero-order valence-electron chi connectivity index (χ0n) is 19.6. The summed E-state index contributed by atoms with van der Waals surface area (Å²) in [5, 5.41) is 5.84. The van der Waals surface area contributed by atoms with Crippen LogP contribution in [0.2, 0.25) is 0 Å². The van der Waals surface area contributed by atoms with Crippen LogP contribution in [0.25, 0.3) is 0 Å². The molecule has 0 unspecified atom stereocenters. The molecule has 33 heavy (non-hydrogen) atoms. The van der Waals surface area contributed by atoms with Gasteiger partial charge in [-0.2, -0.15) is 0 Å². The van der Waals surface area contributed by atoms with Gasteiger partial charge in [0.25, 0.3) is 11.8 Å². The second kappa shape index (κ2) is 13.3. The highest BCUT2D eigenvalue weighted by atomic mass is 79.9. The van der Waals surface area contributed by atoms with Gasteiger partial charge in [0.15, 0.2) is 5.11 Å². The summed E-state index contributed by atoms with van der Waals surface area (Å²) in [4.78, 5) is 27.6. The number of hydrogen-bond acceptors (Lipinski definition) is 4. The van der Waals surface area contributed by atoms with Crippen molar-refractivity contribution in [2.75, 3.05) is 25.0 Å². The molecular formula is C25H32BrN3O3S. The molecule has 2 aromatic carbocycles. The van der Waals surface area contributed by atoms with E-state index in [-0.39, 0.29) is 16.9 Å². The van der Waals surface area contributed by atoms with Crippen molar-refractivity contribution in [1.29, 1.82) is 0 Å². The number of thiocarbonyl (C=S) groups is 1. The van der Waals surface area contributed by atoms with E-state index in [1.807, 2.05) is 24.8 Å². The standard InChI is InChI=1S/C25H32BrN3O3S/c1-5-12-29(13-6-2)24(31)18-8-7-9-20(14-18)27-25(33)28-23(30)21-15-19(26)10-11-22(21)32-16-17(3)4/h7-11,14-15,17H,5-6,12-13,16H2,1-4H3,(H2,27,28,30,33). The largest absolute Gasteiger partial charge is 0.492 e. The zero-order chi connectivity index (χ0) is 24.4. The molecule has 0 saturated heterocycles. The van der Waals surface area contributed by atoms with Crippen LogP contribution < -0.4 is 15.4 Å². The zero-order valence-corrected chi connectivity index (χ0v) is 22.0. The number of hydrogen-bond donors (Lipinski definition) is 2. The fraction of sp³-hybridized carbons (Fsp3) is 0.400. The van der Waals surface area contributed by atoms with Crippen molar-refractivity contribution in [1.82, 2.24) is 10.2 Å². The predicted octanol–water partition coefficient (Wildman–Crippen LogP) is 5.87. The number of carbonyl (C=O) groups is 2. The van der Waals surface area contributed by atoms with Gasteiger partial charge >= 0.3 is 0 Å². The number of benzene rings is 2. The van der Waals surface area contributed by atoms with Crippen molar-refractivity contribution in [3.63, 3.8) is 0 Å². The van der Waals surface area contributed by atoms with Crippen molar-refractivity contribution in [2.45, 2.75) is 40.5 Å². The summed E-state index contributed by atoms with van der Waals surface area (Å²) in [5.74, 6) is 0.426. The Morgan fingerprint density at radius 1 is 1.09 bits per heavy atom. The molecule has 6 nitrogen and oxygen atoms in total. The molecule has 0 heterocycles. The Balaban J connectivity index is 2.09. The molecule has 2 aromatic rings. The lowest BCUT2D eigenvalue weighted by atomic mass is 10.1. The van der Waals surface area contributed by atoms with Crippen molar-refractivity contribution < 1.29 is 14.3 Å². The van der Waals surface area contributed by atoms with Gasteiger partial charge in [-0.05, 0) is 67.4 Å². The van der Waals surface area contributed by atoms with Gasteiger partial charge in [-0.15, -0.1) is 0 Å². The Morgan fingerprint density at radius 3 is 2.42 bits per heavy atom. The highest BCUT2D eigenvalue weighted by molar-refractivity contribution is 9.10. The molecule has 0 bridgehead atoms. The lowest BCUT2D eigenvalue weighted by Gasteiger charge is -2.22. The van der Waals surface area contributed by atoms with Gasteiger partial charge in [0.05, 0.1) is 12.2 Å². The predicted molar refractivity (Wildman–Crippen MR) is 141 cm³/mol. The Morgan fingerprint density at radius 2 is 1.79 bits per heavy atom. The van der Waals surface area contributed by atoms with Crippen LogP contribution in [0.1, 0.15) is 61.3 Å². The lowest BCUT2D eigenvalue weighted by Crippen LogP contribution is -2.35. The molecular weight excluding hydrogens is 502 g/mol. The minimum Gasteiger partial charge on any atom is -0.492 e. The number of amides is 2. The van der Waals surface area contributed by atoms with E-state index in [2.05, 4.69) is 40.4 Å². The van der Waals surface area contributed by atoms with E-state index in [4.69, 9.17) is 17.0 Å². The SMILES string of the molecule is CCCN(CCC)C(=O)c1cccc(NC(=S)NC(=O)c2cc(Br)ccc2OCC(C)C)c1. The first-order chi connectivity index (χ1) is 15.7. The van der Waals surface area contributed by atoms with Crippen LogP contribution in [-0.4, -0.2) is 41.5 Å². The molecule has 0 fully saturated rings. The van der Waals surface area contributed by atoms with Crippen LogP contribution in [0.15, 0.2) is 46.9 Å². The normalized spacial score (nSPS) is 10.6. The van der Waals surface area contributed by atoms with E-state index < -0.39 is 0 Å². The smallest absolute Gasteiger partial charge is 0.261 e. The lowest BCUT2D eigenvalue weighted by molar-refractivity contribution is 0.0755. The second-order valence-corrected chi connectivity index (χ2v) is 9.45. The van der Waals surface area contributed by atoms with E-state index in [0.717, 1.165) is 17.3 Å². The maximum Gasteiger partial charge on any atom is 0.261 e. The molecule has 2 N–H and O–H groups in total. The number of halogens is 1. The average molecular weight is 535 g/mol. The summed E-state index contributed by atoms with van der Waals surface area (Å²) in [6.45, 7) is 10.1. The van der Waals surface area contributed by atoms with E-state index in [1.54, 1.807) is 36.4 Å². The third-order valence-electron chi connectivity index (χ3n) is 4.63. The minimum absolute atomic E-state index is 0.0154. The van der Waals surface area contributed by atoms with Crippen LogP contribution >= 0.6 is 28.1 Å².